The number of carbonyl (C=O) groups excluding carboxylic acids is 1. The molecule has 5 nitrogen and oxygen atoms in total. The fourth-order valence-electron chi connectivity index (χ4n) is 4.14. The second-order valence-electron chi connectivity index (χ2n) is 7.08. The molecule has 0 radical (unpaired) electrons. The molecule has 2 aliphatic rings. The molecule has 0 spiro atoms. The molecule has 1 aromatic heterocycles. The van der Waals surface area contributed by atoms with E-state index in [0.29, 0.717) is 17.9 Å². The van der Waals surface area contributed by atoms with Gasteiger partial charge in [-0.05, 0) is 54.3 Å². The van der Waals surface area contributed by atoms with Crippen molar-refractivity contribution < 1.29 is 14.3 Å². The van der Waals surface area contributed by atoms with Crippen molar-refractivity contribution in [3.8, 4) is 33.3 Å². The van der Waals surface area contributed by atoms with E-state index in [1.165, 1.54) is 5.56 Å². The third-order valence-corrected chi connectivity index (χ3v) is 6.33. The van der Waals surface area contributed by atoms with Gasteiger partial charge in [-0.25, -0.2) is 4.98 Å². The summed E-state index contributed by atoms with van der Waals surface area (Å²) in [4.78, 5) is 19.1. The van der Waals surface area contributed by atoms with Gasteiger partial charge < -0.3 is 14.4 Å². The van der Waals surface area contributed by atoms with Crippen molar-refractivity contribution in [3.05, 3.63) is 46.8 Å². The summed E-state index contributed by atoms with van der Waals surface area (Å²) in [6, 6.07) is 10.2. The molecule has 0 aliphatic carbocycles. The number of ether oxygens (including phenoxy) is 2. The largest absolute Gasteiger partial charge is 0.493 e. The van der Waals surface area contributed by atoms with Crippen LogP contribution in [0.1, 0.15) is 17.5 Å². The maximum absolute atomic E-state index is 12.3. The van der Waals surface area contributed by atoms with Crippen LogP contribution in [0.2, 0.25) is 0 Å². The van der Waals surface area contributed by atoms with E-state index in [2.05, 4.69) is 17.5 Å². The van der Waals surface area contributed by atoms with Gasteiger partial charge in [0, 0.05) is 23.1 Å². The molecule has 0 N–H and O–H groups in total. The van der Waals surface area contributed by atoms with Gasteiger partial charge in [0.25, 0.3) is 0 Å². The van der Waals surface area contributed by atoms with E-state index in [9.17, 15) is 4.79 Å². The van der Waals surface area contributed by atoms with Gasteiger partial charge in [-0.3, -0.25) is 4.79 Å². The molecule has 6 heteroatoms. The summed E-state index contributed by atoms with van der Waals surface area (Å²) in [6.45, 7) is 0.846. The monoisotopic (exact) mass is 392 g/mol. The van der Waals surface area contributed by atoms with E-state index in [0.717, 1.165) is 52.5 Å². The van der Waals surface area contributed by atoms with Crippen molar-refractivity contribution in [1.29, 1.82) is 0 Å². The van der Waals surface area contributed by atoms with Crippen molar-refractivity contribution >= 4 is 22.9 Å². The first kappa shape index (κ1) is 17.3. The zero-order valence-electron chi connectivity index (χ0n) is 15.8. The number of benzene rings is 2. The lowest BCUT2D eigenvalue weighted by molar-refractivity contribution is -0.117. The Balaban J connectivity index is 1.53. The molecule has 0 unspecified atom stereocenters. The van der Waals surface area contributed by atoms with Crippen LogP contribution in [-0.2, 0) is 17.6 Å². The van der Waals surface area contributed by atoms with Crippen LogP contribution in [0, 0.1) is 0 Å². The lowest BCUT2D eigenvalue weighted by Gasteiger charge is -2.25. The molecule has 5 rings (SSSR count). The van der Waals surface area contributed by atoms with Crippen molar-refractivity contribution in [2.45, 2.75) is 19.3 Å². The van der Waals surface area contributed by atoms with E-state index >= 15 is 0 Å². The Bertz CT molecular complexity index is 1090. The Morgan fingerprint density at radius 2 is 1.86 bits per heavy atom. The number of hydrogen-bond donors (Lipinski definition) is 0. The Morgan fingerprint density at radius 1 is 1.04 bits per heavy atom. The highest BCUT2D eigenvalue weighted by Gasteiger charge is 2.32. The number of aromatic nitrogens is 1. The van der Waals surface area contributed by atoms with Gasteiger partial charge in [-0.1, -0.05) is 0 Å². The molecule has 1 amide bonds. The maximum Gasteiger partial charge on any atom is 0.231 e. The summed E-state index contributed by atoms with van der Waals surface area (Å²) >= 11 is 1.61. The zero-order valence-corrected chi connectivity index (χ0v) is 16.6. The van der Waals surface area contributed by atoms with Crippen LogP contribution in [-0.4, -0.2) is 31.7 Å². The van der Waals surface area contributed by atoms with E-state index in [1.807, 2.05) is 23.1 Å². The lowest BCUT2D eigenvalue weighted by atomic mass is 9.96. The fourth-order valence-corrected chi connectivity index (χ4v) is 4.96. The fraction of sp³-hybridized carbons (Fsp3) is 0.273. The average Bonchev–Trinajstić information content (AvgIpc) is 3.34. The summed E-state index contributed by atoms with van der Waals surface area (Å²) < 4.78 is 10.7. The number of aryl methyl sites for hydroxylation is 1. The first-order chi connectivity index (χ1) is 13.7. The summed E-state index contributed by atoms with van der Waals surface area (Å²) in [6.07, 6.45) is 2.55. The molecule has 2 aliphatic heterocycles. The minimum Gasteiger partial charge on any atom is -0.493 e. The zero-order chi connectivity index (χ0) is 19.3. The summed E-state index contributed by atoms with van der Waals surface area (Å²) in [7, 11) is 3.26. The van der Waals surface area contributed by atoms with Gasteiger partial charge in [-0.2, -0.15) is 0 Å². The van der Waals surface area contributed by atoms with Gasteiger partial charge in [0.15, 0.2) is 11.5 Å². The number of rotatable bonds is 4. The summed E-state index contributed by atoms with van der Waals surface area (Å²) in [5, 5.41) is 3.01. The lowest BCUT2D eigenvalue weighted by Crippen LogP contribution is -2.31. The molecule has 28 heavy (non-hydrogen) atoms. The second kappa shape index (κ2) is 6.63. The predicted molar refractivity (Wildman–Crippen MR) is 110 cm³/mol. The highest BCUT2D eigenvalue weighted by molar-refractivity contribution is 7.13. The highest BCUT2D eigenvalue weighted by atomic mass is 32.1. The van der Waals surface area contributed by atoms with Crippen molar-refractivity contribution in [2.24, 2.45) is 0 Å². The number of methoxy groups -OCH3 is 2. The van der Waals surface area contributed by atoms with Crippen LogP contribution >= 0.6 is 11.3 Å². The Labute approximate surface area is 167 Å². The predicted octanol–water partition coefficient (Wildman–Crippen LogP) is 4.33. The van der Waals surface area contributed by atoms with Crippen LogP contribution in [0.3, 0.4) is 0 Å². The minimum absolute atomic E-state index is 0.220. The molecular weight excluding hydrogens is 372 g/mol. The maximum atomic E-state index is 12.3. The first-order valence-corrected chi connectivity index (χ1v) is 10.2. The molecule has 3 aromatic rings. The van der Waals surface area contributed by atoms with Crippen molar-refractivity contribution in [2.75, 3.05) is 25.7 Å². The number of thiazole rings is 1. The topological polar surface area (TPSA) is 51.7 Å². The standard InChI is InChI=1S/C22H20N2O3S/c1-26-18-6-5-14(10-19(18)27-2)22-23-17(12-28-22)15-8-13-4-3-7-24-20(25)11-16(9-15)21(13)24/h5-6,8-10,12H,3-4,7,11H2,1-2H3. The van der Waals surface area contributed by atoms with Gasteiger partial charge in [0.1, 0.15) is 5.01 Å². The molecule has 3 heterocycles. The number of amides is 1. The molecule has 0 atom stereocenters. The molecular formula is C22H20N2O3S. The van der Waals surface area contributed by atoms with Crippen molar-refractivity contribution in [3.63, 3.8) is 0 Å². The summed E-state index contributed by atoms with van der Waals surface area (Å²) in [5.74, 6) is 1.62. The molecule has 0 saturated heterocycles. The minimum atomic E-state index is 0.220. The molecule has 0 bridgehead atoms. The SMILES string of the molecule is COc1ccc(-c2nc(-c3cc4c5c(c3)CC(=O)N5CCC4)cs2)cc1OC. The van der Waals surface area contributed by atoms with Crippen LogP contribution in [0.15, 0.2) is 35.7 Å². The third kappa shape index (κ3) is 2.67. The van der Waals surface area contributed by atoms with Crippen LogP contribution in [0.25, 0.3) is 21.8 Å². The number of anilines is 1. The Kier molecular flexibility index (Phi) is 4.09. The van der Waals surface area contributed by atoms with E-state index in [1.54, 1.807) is 25.6 Å². The number of hydrogen-bond acceptors (Lipinski definition) is 5. The third-order valence-electron chi connectivity index (χ3n) is 5.44. The summed E-state index contributed by atoms with van der Waals surface area (Å²) in [5.41, 5.74) is 6.59. The van der Waals surface area contributed by atoms with Crippen LogP contribution in [0.5, 0.6) is 11.5 Å². The van der Waals surface area contributed by atoms with E-state index in [-0.39, 0.29) is 5.91 Å². The number of carbonyl (C=O) groups is 1. The smallest absolute Gasteiger partial charge is 0.231 e. The normalized spacial score (nSPS) is 14.9. The molecule has 2 aromatic carbocycles. The first-order valence-electron chi connectivity index (χ1n) is 9.32. The average molecular weight is 392 g/mol. The van der Waals surface area contributed by atoms with Gasteiger partial charge in [-0.15, -0.1) is 11.3 Å². The Morgan fingerprint density at radius 3 is 2.68 bits per heavy atom. The van der Waals surface area contributed by atoms with E-state index < -0.39 is 0 Å². The highest BCUT2D eigenvalue weighted by Crippen LogP contribution is 2.41. The van der Waals surface area contributed by atoms with Crippen LogP contribution < -0.4 is 14.4 Å². The quantitative estimate of drug-likeness (QED) is 0.663. The van der Waals surface area contributed by atoms with Crippen LogP contribution in [0.4, 0.5) is 5.69 Å². The molecule has 142 valence electrons. The van der Waals surface area contributed by atoms with Gasteiger partial charge in [0.05, 0.1) is 32.0 Å². The molecule has 0 saturated carbocycles. The van der Waals surface area contributed by atoms with Gasteiger partial charge in [0.2, 0.25) is 5.91 Å². The second-order valence-corrected chi connectivity index (χ2v) is 7.93. The van der Waals surface area contributed by atoms with E-state index in [4.69, 9.17) is 14.5 Å². The number of nitrogens with zero attached hydrogens (tertiary/aromatic N) is 2. The van der Waals surface area contributed by atoms with Crippen molar-refractivity contribution in [1.82, 2.24) is 4.98 Å². The Hall–Kier alpha value is -2.86. The van der Waals surface area contributed by atoms with Gasteiger partial charge >= 0.3 is 0 Å². The molecule has 0 fully saturated rings.